The number of ether oxygens (including phenoxy) is 3. The minimum atomic E-state index is -5.05. The lowest BCUT2D eigenvalue weighted by molar-refractivity contribution is -0.275. The summed E-state index contributed by atoms with van der Waals surface area (Å²) in [6.07, 6.45) is -5.39. The van der Waals surface area contributed by atoms with Crippen molar-refractivity contribution in [2.75, 3.05) is 7.11 Å². The van der Waals surface area contributed by atoms with Crippen molar-refractivity contribution in [3.05, 3.63) is 23.8 Å². The molecule has 9 heteroatoms. The van der Waals surface area contributed by atoms with Crippen LogP contribution in [0.25, 0.3) is 0 Å². The summed E-state index contributed by atoms with van der Waals surface area (Å²) in [7, 11) is 1.13. The summed E-state index contributed by atoms with van der Waals surface area (Å²) in [6.45, 7) is -3.33. The number of hydrogen-bond acceptors (Lipinski definition) is 4. The molecule has 0 saturated heterocycles. The van der Waals surface area contributed by atoms with Crippen LogP contribution in [0.4, 0.5) is 22.0 Å². The normalized spacial score (nSPS) is 11.4. The van der Waals surface area contributed by atoms with Gasteiger partial charge in [-0.3, -0.25) is 4.79 Å². The van der Waals surface area contributed by atoms with E-state index >= 15 is 0 Å². The number of halogens is 5. The van der Waals surface area contributed by atoms with E-state index in [-0.39, 0.29) is 18.4 Å². The first-order valence-corrected chi connectivity index (χ1v) is 5.62. The highest BCUT2D eigenvalue weighted by Gasteiger charge is 2.33. The van der Waals surface area contributed by atoms with E-state index in [1.807, 2.05) is 0 Å². The highest BCUT2D eigenvalue weighted by molar-refractivity contribution is 5.69. The number of alkyl halides is 5. The van der Waals surface area contributed by atoms with Gasteiger partial charge in [-0.2, -0.15) is 8.78 Å². The predicted octanol–water partition coefficient (Wildman–Crippen LogP) is 3.29. The molecule has 0 fully saturated rings. The molecule has 21 heavy (non-hydrogen) atoms. The number of benzene rings is 1. The molecule has 0 aliphatic carbocycles. The SMILES string of the molecule is COC(=O)CCc1cccc(OC(F)(F)F)c1OC(F)F. The van der Waals surface area contributed by atoms with Crippen LogP contribution in [0.15, 0.2) is 18.2 Å². The van der Waals surface area contributed by atoms with Crippen molar-refractivity contribution in [1.82, 2.24) is 0 Å². The first-order valence-electron chi connectivity index (χ1n) is 5.62. The molecule has 0 heterocycles. The van der Waals surface area contributed by atoms with Gasteiger partial charge in [-0.15, -0.1) is 13.2 Å². The zero-order valence-electron chi connectivity index (χ0n) is 10.7. The number of esters is 1. The molecular weight excluding hydrogens is 303 g/mol. The zero-order chi connectivity index (χ0) is 16.0. The topological polar surface area (TPSA) is 44.8 Å². The van der Waals surface area contributed by atoms with E-state index in [9.17, 15) is 26.7 Å². The number of carbonyl (C=O) groups is 1. The molecular formula is C12H11F5O4. The number of hydrogen-bond donors (Lipinski definition) is 0. The number of para-hydroxylation sites is 1. The van der Waals surface area contributed by atoms with Gasteiger partial charge in [-0.05, 0) is 18.1 Å². The molecule has 0 spiro atoms. The summed E-state index contributed by atoms with van der Waals surface area (Å²) in [5.74, 6) is -2.29. The highest BCUT2D eigenvalue weighted by Crippen LogP contribution is 2.36. The van der Waals surface area contributed by atoms with Gasteiger partial charge in [0.2, 0.25) is 0 Å². The fourth-order valence-corrected chi connectivity index (χ4v) is 1.52. The fraction of sp³-hybridized carbons (Fsp3) is 0.417. The molecule has 0 aromatic heterocycles. The van der Waals surface area contributed by atoms with Crippen LogP contribution in [-0.4, -0.2) is 26.1 Å². The Labute approximate surface area is 116 Å². The molecule has 0 amide bonds. The molecule has 0 saturated carbocycles. The molecule has 1 aromatic carbocycles. The number of aryl methyl sites for hydroxylation is 1. The van der Waals surface area contributed by atoms with E-state index in [2.05, 4.69) is 14.2 Å². The smallest absolute Gasteiger partial charge is 0.469 e. The maximum Gasteiger partial charge on any atom is 0.573 e. The van der Waals surface area contributed by atoms with E-state index in [4.69, 9.17) is 0 Å². The maximum absolute atomic E-state index is 12.3. The Morgan fingerprint density at radius 1 is 1.29 bits per heavy atom. The highest BCUT2D eigenvalue weighted by atomic mass is 19.4. The van der Waals surface area contributed by atoms with Crippen molar-refractivity contribution in [3.63, 3.8) is 0 Å². The van der Waals surface area contributed by atoms with Crippen LogP contribution in [0.1, 0.15) is 12.0 Å². The average Bonchev–Trinajstić information content (AvgIpc) is 2.36. The average molecular weight is 314 g/mol. The van der Waals surface area contributed by atoms with E-state index in [0.29, 0.717) is 0 Å². The van der Waals surface area contributed by atoms with Crippen LogP contribution in [0.2, 0.25) is 0 Å². The Morgan fingerprint density at radius 2 is 1.95 bits per heavy atom. The third-order valence-electron chi connectivity index (χ3n) is 2.32. The molecule has 0 aliphatic rings. The number of methoxy groups -OCH3 is 1. The standard InChI is InChI=1S/C12H11F5O4/c1-19-9(18)6-5-7-3-2-4-8(21-12(15,16)17)10(7)20-11(13)14/h2-4,11H,5-6H2,1H3. The van der Waals surface area contributed by atoms with Crippen molar-refractivity contribution >= 4 is 5.97 Å². The molecule has 0 atom stereocenters. The molecule has 0 bridgehead atoms. The second kappa shape index (κ2) is 7.09. The van der Waals surface area contributed by atoms with Crippen LogP contribution in [0.3, 0.4) is 0 Å². The Morgan fingerprint density at radius 3 is 2.48 bits per heavy atom. The summed E-state index contributed by atoms with van der Waals surface area (Å²) in [5.41, 5.74) is -0.0255. The van der Waals surface area contributed by atoms with Crippen LogP contribution in [0.5, 0.6) is 11.5 Å². The third-order valence-corrected chi connectivity index (χ3v) is 2.32. The Balaban J connectivity index is 3.05. The minimum absolute atomic E-state index is 0.0255. The predicted molar refractivity (Wildman–Crippen MR) is 60.1 cm³/mol. The summed E-state index contributed by atoms with van der Waals surface area (Å²) in [5, 5.41) is 0. The summed E-state index contributed by atoms with van der Waals surface area (Å²) < 4.78 is 73.4. The van der Waals surface area contributed by atoms with Gasteiger partial charge in [0.05, 0.1) is 7.11 Å². The van der Waals surface area contributed by atoms with E-state index < -0.39 is 30.4 Å². The lowest BCUT2D eigenvalue weighted by Gasteiger charge is -2.16. The van der Waals surface area contributed by atoms with Crippen molar-refractivity contribution in [3.8, 4) is 11.5 Å². The van der Waals surface area contributed by atoms with Crippen LogP contribution < -0.4 is 9.47 Å². The molecule has 0 unspecified atom stereocenters. The summed E-state index contributed by atoms with van der Waals surface area (Å²) in [6, 6.07) is 3.27. The second-order valence-corrected chi connectivity index (χ2v) is 3.75. The molecule has 0 N–H and O–H groups in total. The van der Waals surface area contributed by atoms with Gasteiger partial charge < -0.3 is 14.2 Å². The lowest BCUT2D eigenvalue weighted by atomic mass is 10.1. The molecule has 118 valence electrons. The largest absolute Gasteiger partial charge is 0.573 e. The first-order chi connectivity index (χ1) is 9.73. The van der Waals surface area contributed by atoms with Crippen molar-refractivity contribution in [1.29, 1.82) is 0 Å². The van der Waals surface area contributed by atoms with Crippen LogP contribution in [0, 0.1) is 0 Å². The molecule has 4 nitrogen and oxygen atoms in total. The Bertz CT molecular complexity index is 487. The fourth-order valence-electron chi connectivity index (χ4n) is 1.52. The summed E-state index contributed by atoms with van der Waals surface area (Å²) in [4.78, 5) is 11.0. The van der Waals surface area contributed by atoms with Gasteiger partial charge in [0, 0.05) is 6.42 Å². The van der Waals surface area contributed by atoms with Gasteiger partial charge in [-0.1, -0.05) is 12.1 Å². The minimum Gasteiger partial charge on any atom is -0.469 e. The summed E-state index contributed by atoms with van der Waals surface area (Å²) >= 11 is 0. The second-order valence-electron chi connectivity index (χ2n) is 3.75. The van der Waals surface area contributed by atoms with Gasteiger partial charge in [0.25, 0.3) is 0 Å². The lowest BCUT2D eigenvalue weighted by Crippen LogP contribution is -2.19. The van der Waals surface area contributed by atoms with Crippen molar-refractivity contribution in [2.24, 2.45) is 0 Å². The maximum atomic E-state index is 12.3. The Kier molecular flexibility index (Phi) is 5.74. The van der Waals surface area contributed by atoms with Gasteiger partial charge >= 0.3 is 18.9 Å². The van der Waals surface area contributed by atoms with E-state index in [0.717, 1.165) is 13.2 Å². The molecule has 1 rings (SSSR count). The number of carbonyl (C=O) groups excluding carboxylic acids is 1. The molecule has 0 radical (unpaired) electrons. The van der Waals surface area contributed by atoms with Gasteiger partial charge in [0.15, 0.2) is 11.5 Å². The number of rotatable bonds is 6. The monoisotopic (exact) mass is 314 g/mol. The van der Waals surface area contributed by atoms with Crippen LogP contribution >= 0.6 is 0 Å². The van der Waals surface area contributed by atoms with E-state index in [1.54, 1.807) is 0 Å². The molecule has 0 aliphatic heterocycles. The van der Waals surface area contributed by atoms with Gasteiger partial charge in [-0.25, -0.2) is 0 Å². The van der Waals surface area contributed by atoms with E-state index in [1.165, 1.54) is 12.1 Å². The molecule has 1 aromatic rings. The quantitative estimate of drug-likeness (QED) is 0.597. The van der Waals surface area contributed by atoms with Crippen molar-refractivity contribution < 1.29 is 41.0 Å². The first kappa shape index (κ1) is 17.0. The Hall–Kier alpha value is -2.06. The zero-order valence-corrected chi connectivity index (χ0v) is 10.7. The van der Waals surface area contributed by atoms with Gasteiger partial charge in [0.1, 0.15) is 0 Å². The van der Waals surface area contributed by atoms with Crippen molar-refractivity contribution in [2.45, 2.75) is 25.8 Å². The third kappa shape index (κ3) is 5.84. The van der Waals surface area contributed by atoms with Crippen LogP contribution in [-0.2, 0) is 16.0 Å².